The second-order valence-electron chi connectivity index (χ2n) is 5.77. The van der Waals surface area contributed by atoms with Crippen LogP contribution in [-0.2, 0) is 6.42 Å². The van der Waals surface area contributed by atoms with Crippen LogP contribution in [0.15, 0.2) is 36.4 Å². The summed E-state index contributed by atoms with van der Waals surface area (Å²) in [5.74, 6) is -0.0930. The van der Waals surface area contributed by atoms with E-state index in [-0.39, 0.29) is 11.9 Å². The zero-order chi connectivity index (χ0) is 15.4. The van der Waals surface area contributed by atoms with Crippen LogP contribution in [0.4, 0.5) is 4.39 Å². The van der Waals surface area contributed by atoms with Gasteiger partial charge in [-0.05, 0) is 56.0 Å². The van der Waals surface area contributed by atoms with Crippen LogP contribution in [0.3, 0.4) is 0 Å². The molecule has 0 bridgehead atoms. The van der Waals surface area contributed by atoms with Crippen molar-refractivity contribution < 1.29 is 4.39 Å². The van der Waals surface area contributed by atoms with Crippen molar-refractivity contribution in [2.24, 2.45) is 0 Å². The van der Waals surface area contributed by atoms with E-state index in [1.165, 1.54) is 11.1 Å². The Bertz CT molecular complexity index is 596. The summed E-state index contributed by atoms with van der Waals surface area (Å²) in [4.78, 5) is 0. The summed E-state index contributed by atoms with van der Waals surface area (Å²) in [6.45, 7) is 8.78. The molecule has 0 saturated heterocycles. The first-order valence-corrected chi connectivity index (χ1v) is 7.56. The van der Waals surface area contributed by atoms with Gasteiger partial charge in [-0.15, -0.1) is 0 Å². The number of halogens is 1. The van der Waals surface area contributed by atoms with E-state index in [1.54, 1.807) is 0 Å². The number of likely N-dealkylation sites (N-methyl/N-ethyl adjacent to an activating group) is 1. The molecule has 0 fully saturated rings. The Morgan fingerprint density at radius 3 is 2.29 bits per heavy atom. The zero-order valence-electron chi connectivity index (χ0n) is 13.3. The van der Waals surface area contributed by atoms with Gasteiger partial charge in [0.05, 0.1) is 0 Å². The molecule has 0 saturated carbocycles. The molecule has 112 valence electrons. The van der Waals surface area contributed by atoms with Crippen LogP contribution in [-0.4, -0.2) is 6.54 Å². The predicted molar refractivity (Wildman–Crippen MR) is 87.2 cm³/mol. The Morgan fingerprint density at radius 1 is 1.05 bits per heavy atom. The smallest absolute Gasteiger partial charge is 0.129 e. The molecule has 0 radical (unpaired) electrons. The van der Waals surface area contributed by atoms with Crippen molar-refractivity contribution in [3.63, 3.8) is 0 Å². The van der Waals surface area contributed by atoms with Gasteiger partial charge in [-0.3, -0.25) is 0 Å². The minimum Gasteiger partial charge on any atom is -0.310 e. The number of aryl methyl sites for hydroxylation is 3. The van der Waals surface area contributed by atoms with E-state index in [4.69, 9.17) is 0 Å². The molecular formula is C19H24FN. The van der Waals surface area contributed by atoms with Crippen LogP contribution < -0.4 is 5.32 Å². The lowest BCUT2D eigenvalue weighted by Gasteiger charge is -2.20. The Labute approximate surface area is 127 Å². The third-order valence-corrected chi connectivity index (χ3v) is 3.83. The van der Waals surface area contributed by atoms with Gasteiger partial charge in [0, 0.05) is 6.04 Å². The molecule has 1 unspecified atom stereocenters. The Kier molecular flexibility index (Phi) is 5.13. The zero-order valence-corrected chi connectivity index (χ0v) is 13.3. The lowest BCUT2D eigenvalue weighted by molar-refractivity contribution is 0.545. The number of hydrogen-bond acceptors (Lipinski definition) is 1. The normalized spacial score (nSPS) is 12.4. The van der Waals surface area contributed by atoms with E-state index in [0.29, 0.717) is 0 Å². The molecule has 0 heterocycles. The highest BCUT2D eigenvalue weighted by molar-refractivity contribution is 5.34. The minimum atomic E-state index is -0.0930. The lowest BCUT2D eigenvalue weighted by atomic mass is 9.95. The molecule has 0 aliphatic heterocycles. The largest absolute Gasteiger partial charge is 0.310 e. The molecular weight excluding hydrogens is 261 g/mol. The molecule has 2 heteroatoms. The minimum absolute atomic E-state index is 0.0930. The molecule has 0 aliphatic carbocycles. The average molecular weight is 285 g/mol. The van der Waals surface area contributed by atoms with Crippen LogP contribution in [0.1, 0.15) is 40.8 Å². The maximum atomic E-state index is 13.8. The van der Waals surface area contributed by atoms with Crippen LogP contribution >= 0.6 is 0 Å². The summed E-state index contributed by atoms with van der Waals surface area (Å²) in [7, 11) is 0. The third kappa shape index (κ3) is 3.92. The van der Waals surface area contributed by atoms with E-state index in [1.807, 2.05) is 26.0 Å². The van der Waals surface area contributed by atoms with Gasteiger partial charge in [0.2, 0.25) is 0 Å². The number of nitrogens with one attached hydrogen (secondary N) is 1. The first-order valence-electron chi connectivity index (χ1n) is 7.56. The van der Waals surface area contributed by atoms with Crippen molar-refractivity contribution in [1.82, 2.24) is 5.32 Å². The van der Waals surface area contributed by atoms with Gasteiger partial charge in [-0.2, -0.15) is 0 Å². The standard InChI is InChI=1S/C19H24FN/c1-5-21-18(12-16-8-6-7-13(2)9-16)17-10-14(3)19(20)15(4)11-17/h6-11,18,21H,5,12H2,1-4H3. The van der Waals surface area contributed by atoms with Crippen LogP contribution in [0.25, 0.3) is 0 Å². The highest BCUT2D eigenvalue weighted by atomic mass is 19.1. The molecule has 1 nitrogen and oxygen atoms in total. The Hall–Kier alpha value is -1.67. The monoisotopic (exact) mass is 285 g/mol. The highest BCUT2D eigenvalue weighted by Gasteiger charge is 2.14. The molecule has 0 aromatic heterocycles. The fourth-order valence-electron chi connectivity index (χ4n) is 2.81. The van der Waals surface area contributed by atoms with Crippen molar-refractivity contribution in [2.75, 3.05) is 6.54 Å². The second-order valence-corrected chi connectivity index (χ2v) is 5.77. The van der Waals surface area contributed by atoms with Gasteiger partial charge in [0.15, 0.2) is 0 Å². The van der Waals surface area contributed by atoms with Gasteiger partial charge in [0.1, 0.15) is 5.82 Å². The summed E-state index contributed by atoms with van der Waals surface area (Å²) in [5, 5.41) is 3.52. The fraction of sp³-hybridized carbons (Fsp3) is 0.368. The topological polar surface area (TPSA) is 12.0 Å². The summed E-state index contributed by atoms with van der Waals surface area (Å²) in [5.41, 5.74) is 5.18. The highest BCUT2D eigenvalue weighted by Crippen LogP contribution is 2.23. The molecule has 0 spiro atoms. The van der Waals surface area contributed by atoms with Crippen molar-refractivity contribution in [3.8, 4) is 0 Å². The van der Waals surface area contributed by atoms with Crippen LogP contribution in [0.5, 0.6) is 0 Å². The molecule has 2 aromatic rings. The van der Waals surface area contributed by atoms with Gasteiger partial charge in [-0.25, -0.2) is 4.39 Å². The molecule has 2 aromatic carbocycles. The number of hydrogen-bond donors (Lipinski definition) is 1. The lowest BCUT2D eigenvalue weighted by Crippen LogP contribution is -2.23. The number of benzene rings is 2. The van der Waals surface area contributed by atoms with Crippen LogP contribution in [0, 0.1) is 26.6 Å². The van der Waals surface area contributed by atoms with Crippen molar-refractivity contribution in [1.29, 1.82) is 0 Å². The average Bonchev–Trinajstić information content (AvgIpc) is 2.44. The van der Waals surface area contributed by atoms with E-state index in [2.05, 4.69) is 43.4 Å². The van der Waals surface area contributed by atoms with E-state index >= 15 is 0 Å². The molecule has 0 aliphatic rings. The fourth-order valence-corrected chi connectivity index (χ4v) is 2.81. The molecule has 1 atom stereocenters. The quantitative estimate of drug-likeness (QED) is 0.843. The SMILES string of the molecule is CCNC(Cc1cccc(C)c1)c1cc(C)c(F)c(C)c1. The first-order chi connectivity index (χ1) is 10.0. The summed E-state index contributed by atoms with van der Waals surface area (Å²) in [6, 6.07) is 12.7. The van der Waals surface area contributed by atoms with Crippen molar-refractivity contribution in [2.45, 2.75) is 40.2 Å². The molecule has 2 rings (SSSR count). The Balaban J connectivity index is 2.30. The summed E-state index contributed by atoms with van der Waals surface area (Å²) >= 11 is 0. The Morgan fingerprint density at radius 2 is 1.71 bits per heavy atom. The van der Waals surface area contributed by atoms with Gasteiger partial charge in [0.25, 0.3) is 0 Å². The summed E-state index contributed by atoms with van der Waals surface area (Å²) in [6.07, 6.45) is 0.917. The predicted octanol–water partition coefficient (Wildman–Crippen LogP) is 4.64. The van der Waals surface area contributed by atoms with Gasteiger partial charge < -0.3 is 5.32 Å². The van der Waals surface area contributed by atoms with E-state index in [0.717, 1.165) is 29.7 Å². The van der Waals surface area contributed by atoms with Gasteiger partial charge >= 0.3 is 0 Å². The van der Waals surface area contributed by atoms with E-state index in [9.17, 15) is 4.39 Å². The third-order valence-electron chi connectivity index (χ3n) is 3.83. The number of rotatable bonds is 5. The molecule has 1 N–H and O–H groups in total. The first kappa shape index (κ1) is 15.7. The van der Waals surface area contributed by atoms with Crippen molar-refractivity contribution >= 4 is 0 Å². The second kappa shape index (κ2) is 6.86. The van der Waals surface area contributed by atoms with Crippen LogP contribution in [0.2, 0.25) is 0 Å². The molecule has 0 amide bonds. The maximum absolute atomic E-state index is 13.8. The van der Waals surface area contributed by atoms with E-state index < -0.39 is 0 Å². The maximum Gasteiger partial charge on any atom is 0.129 e. The van der Waals surface area contributed by atoms with Gasteiger partial charge in [-0.1, -0.05) is 48.9 Å². The van der Waals surface area contributed by atoms with Crippen molar-refractivity contribution in [3.05, 3.63) is 70.0 Å². The molecule has 21 heavy (non-hydrogen) atoms. The summed E-state index contributed by atoms with van der Waals surface area (Å²) < 4.78 is 13.8.